The summed E-state index contributed by atoms with van der Waals surface area (Å²) in [6.45, 7) is 3.31. The van der Waals surface area contributed by atoms with Crippen LogP contribution in [0.5, 0.6) is 5.75 Å². The van der Waals surface area contributed by atoms with Crippen molar-refractivity contribution >= 4 is 12.2 Å². The highest BCUT2D eigenvalue weighted by atomic mass is 16.5. The van der Waals surface area contributed by atoms with Crippen LogP contribution in [0, 0.1) is 0 Å². The maximum atomic E-state index is 12.2. The van der Waals surface area contributed by atoms with Crippen LogP contribution in [0.25, 0.3) is 17.2 Å². The van der Waals surface area contributed by atoms with E-state index >= 15 is 0 Å². The summed E-state index contributed by atoms with van der Waals surface area (Å²) in [6.07, 6.45) is 3.43. The number of amides is 1. The van der Waals surface area contributed by atoms with Crippen molar-refractivity contribution < 1.29 is 14.3 Å². The van der Waals surface area contributed by atoms with E-state index in [9.17, 15) is 4.79 Å². The van der Waals surface area contributed by atoms with Gasteiger partial charge in [0.1, 0.15) is 12.4 Å². The molecule has 152 valence electrons. The smallest absolute Gasteiger partial charge is 0.407 e. The van der Waals surface area contributed by atoms with Crippen molar-refractivity contribution in [1.82, 2.24) is 5.32 Å². The third-order valence-corrected chi connectivity index (χ3v) is 5.19. The second kappa shape index (κ2) is 9.31. The zero-order chi connectivity index (χ0) is 20.8. The Bertz CT molecular complexity index is 1010. The summed E-state index contributed by atoms with van der Waals surface area (Å²) in [5.74, 6) is 0.907. The molecule has 4 nitrogen and oxygen atoms in total. The summed E-state index contributed by atoms with van der Waals surface area (Å²) in [4.78, 5) is 12.2. The lowest BCUT2D eigenvalue weighted by Crippen LogP contribution is -2.26. The van der Waals surface area contributed by atoms with Crippen LogP contribution in [0.1, 0.15) is 29.5 Å². The molecule has 0 heterocycles. The quantitative estimate of drug-likeness (QED) is 0.559. The molecule has 4 heteroatoms. The van der Waals surface area contributed by atoms with Gasteiger partial charge in [-0.3, -0.25) is 0 Å². The van der Waals surface area contributed by atoms with E-state index in [-0.39, 0.29) is 5.92 Å². The van der Waals surface area contributed by atoms with E-state index in [1.807, 2.05) is 67.6 Å². The Kier molecular flexibility index (Phi) is 6.14. The van der Waals surface area contributed by atoms with Crippen LogP contribution in [0.3, 0.4) is 0 Å². The van der Waals surface area contributed by atoms with Gasteiger partial charge in [-0.25, -0.2) is 4.79 Å². The molecule has 30 heavy (non-hydrogen) atoms. The third kappa shape index (κ3) is 4.38. The average molecular weight is 399 g/mol. The minimum absolute atomic E-state index is 0.0694. The zero-order valence-corrected chi connectivity index (χ0v) is 17.0. The van der Waals surface area contributed by atoms with Gasteiger partial charge in [0.15, 0.2) is 0 Å². The molecule has 4 rings (SSSR count). The molecule has 0 atom stereocenters. The molecule has 0 unspecified atom stereocenters. The van der Waals surface area contributed by atoms with Gasteiger partial charge in [-0.15, -0.1) is 0 Å². The van der Waals surface area contributed by atoms with Gasteiger partial charge in [-0.1, -0.05) is 72.8 Å². The highest BCUT2D eigenvalue weighted by Gasteiger charge is 2.28. The number of alkyl carbamates (subject to hydrolysis) is 1. The Morgan fingerprint density at radius 3 is 2.37 bits per heavy atom. The lowest BCUT2D eigenvalue weighted by molar-refractivity contribution is 0.144. The Hall–Kier alpha value is -3.53. The van der Waals surface area contributed by atoms with Gasteiger partial charge in [0.05, 0.1) is 6.61 Å². The Morgan fingerprint density at radius 2 is 1.67 bits per heavy atom. The van der Waals surface area contributed by atoms with E-state index in [0.717, 1.165) is 11.3 Å². The number of benzene rings is 3. The minimum Gasteiger partial charge on any atom is -0.494 e. The van der Waals surface area contributed by atoms with Crippen molar-refractivity contribution in [1.29, 1.82) is 0 Å². The first kappa shape index (κ1) is 19.8. The Labute approximate surface area is 177 Å². The molecule has 0 saturated carbocycles. The minimum atomic E-state index is -0.412. The van der Waals surface area contributed by atoms with Crippen LogP contribution in [0.15, 0.2) is 78.9 Å². The highest BCUT2D eigenvalue weighted by Crippen LogP contribution is 2.44. The van der Waals surface area contributed by atoms with E-state index in [1.54, 1.807) is 0 Å². The number of carbonyl (C=O) groups is 1. The van der Waals surface area contributed by atoms with Crippen LogP contribution in [-0.4, -0.2) is 25.9 Å². The van der Waals surface area contributed by atoms with Gasteiger partial charge < -0.3 is 14.8 Å². The molecular formula is C26H25NO3. The van der Waals surface area contributed by atoms with Crippen molar-refractivity contribution in [2.45, 2.75) is 12.8 Å². The number of ether oxygens (including phenoxy) is 2. The standard InChI is InChI=1S/C26H25NO3/c1-2-29-20-11-7-9-19(17-20)10-8-16-27-26(28)30-18-25-23-14-5-3-12-21(23)22-13-4-6-15-24(22)25/h3-15,17,25H,2,16,18H2,1H3,(H,27,28). The predicted molar refractivity (Wildman–Crippen MR) is 120 cm³/mol. The fraction of sp³-hybridized carbons (Fsp3) is 0.192. The van der Waals surface area contributed by atoms with Crippen molar-refractivity contribution in [3.05, 3.63) is 95.6 Å². The molecule has 0 fully saturated rings. The van der Waals surface area contributed by atoms with Crippen LogP contribution in [0.2, 0.25) is 0 Å². The van der Waals surface area contributed by atoms with Crippen LogP contribution >= 0.6 is 0 Å². The molecule has 0 radical (unpaired) electrons. The summed E-state index contributed by atoms with van der Waals surface area (Å²) in [5.41, 5.74) is 5.88. The molecule has 1 aliphatic carbocycles. The normalized spacial score (nSPS) is 12.4. The molecule has 3 aromatic rings. The lowest BCUT2D eigenvalue weighted by atomic mass is 9.98. The van der Waals surface area contributed by atoms with Gasteiger partial charge in [0.2, 0.25) is 0 Å². The monoisotopic (exact) mass is 399 g/mol. The molecule has 0 bridgehead atoms. The summed E-state index contributed by atoms with van der Waals surface area (Å²) >= 11 is 0. The van der Waals surface area contributed by atoms with Crippen LogP contribution < -0.4 is 10.1 Å². The number of hydrogen-bond acceptors (Lipinski definition) is 3. The molecular weight excluding hydrogens is 374 g/mol. The lowest BCUT2D eigenvalue weighted by Gasteiger charge is -2.14. The first-order valence-corrected chi connectivity index (χ1v) is 10.2. The SMILES string of the molecule is CCOc1cccc(C=CCNC(=O)OCC2c3ccccc3-c3ccccc32)c1. The topological polar surface area (TPSA) is 47.6 Å². The largest absolute Gasteiger partial charge is 0.494 e. The average Bonchev–Trinajstić information content (AvgIpc) is 3.10. The fourth-order valence-electron chi connectivity index (χ4n) is 3.86. The maximum Gasteiger partial charge on any atom is 0.407 e. The molecule has 0 aliphatic heterocycles. The van der Waals surface area contributed by atoms with Crippen molar-refractivity contribution in [3.63, 3.8) is 0 Å². The number of rotatable bonds is 7. The van der Waals surface area contributed by atoms with E-state index < -0.39 is 6.09 Å². The van der Waals surface area contributed by atoms with Crippen LogP contribution in [0.4, 0.5) is 4.79 Å². The molecule has 0 spiro atoms. The first-order valence-electron chi connectivity index (χ1n) is 10.2. The van der Waals surface area contributed by atoms with E-state index in [1.165, 1.54) is 22.3 Å². The highest BCUT2D eigenvalue weighted by molar-refractivity contribution is 5.79. The van der Waals surface area contributed by atoms with Crippen LogP contribution in [-0.2, 0) is 4.74 Å². The summed E-state index contributed by atoms with van der Waals surface area (Å²) in [5, 5.41) is 2.79. The maximum absolute atomic E-state index is 12.2. The van der Waals surface area contributed by atoms with Gasteiger partial charge in [-0.05, 0) is 46.9 Å². The number of nitrogens with one attached hydrogen (secondary N) is 1. The first-order chi connectivity index (χ1) is 14.8. The summed E-state index contributed by atoms with van der Waals surface area (Å²) < 4.78 is 11.0. The zero-order valence-electron chi connectivity index (χ0n) is 17.0. The van der Waals surface area contributed by atoms with E-state index in [0.29, 0.717) is 19.8 Å². The van der Waals surface area contributed by atoms with Gasteiger partial charge in [0, 0.05) is 12.5 Å². The Balaban J connectivity index is 1.31. The number of hydrogen-bond donors (Lipinski definition) is 1. The van der Waals surface area contributed by atoms with Gasteiger partial charge >= 0.3 is 6.09 Å². The molecule has 1 aliphatic rings. The number of carbonyl (C=O) groups excluding carboxylic acids is 1. The molecule has 1 N–H and O–H groups in total. The van der Waals surface area contributed by atoms with Crippen molar-refractivity contribution in [3.8, 4) is 16.9 Å². The fourth-order valence-corrected chi connectivity index (χ4v) is 3.86. The molecule has 0 saturated heterocycles. The predicted octanol–water partition coefficient (Wildman–Crippen LogP) is 5.64. The Morgan fingerprint density at radius 1 is 0.967 bits per heavy atom. The summed E-state index contributed by atoms with van der Waals surface area (Å²) in [7, 11) is 0. The van der Waals surface area contributed by atoms with Crippen molar-refractivity contribution in [2.24, 2.45) is 0 Å². The molecule has 3 aromatic carbocycles. The van der Waals surface area contributed by atoms with E-state index in [2.05, 4.69) is 29.6 Å². The molecule has 0 aromatic heterocycles. The van der Waals surface area contributed by atoms with Gasteiger partial charge in [-0.2, -0.15) is 0 Å². The van der Waals surface area contributed by atoms with Gasteiger partial charge in [0.25, 0.3) is 0 Å². The number of fused-ring (bicyclic) bond motifs is 3. The van der Waals surface area contributed by atoms with Crippen molar-refractivity contribution in [2.75, 3.05) is 19.8 Å². The second-order valence-electron chi connectivity index (χ2n) is 7.11. The second-order valence-corrected chi connectivity index (χ2v) is 7.11. The molecule has 1 amide bonds. The third-order valence-electron chi connectivity index (χ3n) is 5.19. The van der Waals surface area contributed by atoms with E-state index in [4.69, 9.17) is 9.47 Å². The summed E-state index contributed by atoms with van der Waals surface area (Å²) in [6, 6.07) is 24.5.